The number of nitrogens with one attached hydrogen (secondary N) is 1. The second-order valence-electron chi connectivity index (χ2n) is 5.03. The quantitative estimate of drug-likeness (QED) is 0.763. The number of carbonyl (C=O) groups excluding carboxylic acids is 1. The van der Waals surface area contributed by atoms with E-state index in [4.69, 9.17) is 5.73 Å². The number of nitrogens with two attached hydrogens (primary N) is 1. The topological polar surface area (TPSA) is 55.1 Å². The zero-order chi connectivity index (χ0) is 11.8. The number of rotatable bonds is 3. The number of hydrogen-bond acceptors (Lipinski definition) is 2. The Labute approximate surface area is 96.0 Å². The fourth-order valence-corrected chi connectivity index (χ4v) is 1.66. The average molecular weight is 218 g/mol. The summed E-state index contributed by atoms with van der Waals surface area (Å²) in [5, 5.41) is 2.95. The van der Waals surface area contributed by atoms with Gasteiger partial charge in [0.2, 0.25) is 0 Å². The van der Waals surface area contributed by atoms with Crippen molar-refractivity contribution in [3.63, 3.8) is 0 Å². The lowest BCUT2D eigenvalue weighted by molar-refractivity contribution is 0.0947. The van der Waals surface area contributed by atoms with E-state index >= 15 is 0 Å². The third-order valence-corrected chi connectivity index (χ3v) is 3.35. The van der Waals surface area contributed by atoms with Crippen molar-refractivity contribution in [1.82, 2.24) is 5.32 Å². The van der Waals surface area contributed by atoms with Crippen LogP contribution in [0.4, 0.5) is 5.69 Å². The van der Waals surface area contributed by atoms with Crippen LogP contribution in [-0.4, -0.2) is 12.5 Å². The molecule has 0 saturated heterocycles. The molecule has 3 nitrogen and oxygen atoms in total. The molecule has 1 saturated carbocycles. The van der Waals surface area contributed by atoms with E-state index in [0.29, 0.717) is 16.7 Å². The molecule has 1 aromatic carbocycles. The van der Waals surface area contributed by atoms with Crippen LogP contribution < -0.4 is 11.1 Å². The van der Waals surface area contributed by atoms with Gasteiger partial charge in [0.1, 0.15) is 0 Å². The van der Waals surface area contributed by atoms with Gasteiger partial charge in [0, 0.05) is 12.2 Å². The van der Waals surface area contributed by atoms with E-state index in [9.17, 15) is 4.79 Å². The van der Waals surface area contributed by atoms with E-state index in [2.05, 4.69) is 12.2 Å². The van der Waals surface area contributed by atoms with E-state index in [1.807, 2.05) is 19.1 Å². The van der Waals surface area contributed by atoms with Crippen LogP contribution in [0.1, 0.15) is 35.7 Å². The van der Waals surface area contributed by atoms with Gasteiger partial charge in [-0.25, -0.2) is 0 Å². The third-order valence-electron chi connectivity index (χ3n) is 3.35. The first-order chi connectivity index (χ1) is 7.52. The number of benzene rings is 1. The Hall–Kier alpha value is -1.51. The molecule has 3 N–H and O–H groups in total. The van der Waals surface area contributed by atoms with Crippen molar-refractivity contribution in [3.05, 3.63) is 29.3 Å². The van der Waals surface area contributed by atoms with Gasteiger partial charge in [0.15, 0.2) is 0 Å². The SMILES string of the molecule is Cc1cccc(C(=O)NCC2(C)CC2)c1N. The van der Waals surface area contributed by atoms with Crippen LogP contribution in [0.2, 0.25) is 0 Å². The highest BCUT2D eigenvalue weighted by atomic mass is 16.1. The molecule has 16 heavy (non-hydrogen) atoms. The number of nitrogen functional groups attached to an aromatic ring is 1. The van der Waals surface area contributed by atoms with Gasteiger partial charge < -0.3 is 11.1 Å². The zero-order valence-electron chi connectivity index (χ0n) is 9.84. The van der Waals surface area contributed by atoms with E-state index in [1.165, 1.54) is 12.8 Å². The molecule has 0 radical (unpaired) electrons. The molecule has 0 bridgehead atoms. The van der Waals surface area contributed by atoms with Crippen molar-refractivity contribution in [1.29, 1.82) is 0 Å². The minimum atomic E-state index is -0.0608. The molecular formula is C13H18N2O. The summed E-state index contributed by atoms with van der Waals surface area (Å²) < 4.78 is 0. The molecule has 86 valence electrons. The number of anilines is 1. The van der Waals surface area contributed by atoms with E-state index in [-0.39, 0.29) is 5.91 Å². The van der Waals surface area contributed by atoms with Crippen LogP contribution in [-0.2, 0) is 0 Å². The van der Waals surface area contributed by atoms with Gasteiger partial charge in [-0.3, -0.25) is 4.79 Å². The summed E-state index contributed by atoms with van der Waals surface area (Å²) in [6.45, 7) is 4.85. The lowest BCUT2D eigenvalue weighted by Crippen LogP contribution is -2.29. The summed E-state index contributed by atoms with van der Waals surface area (Å²) in [7, 11) is 0. The first-order valence-electron chi connectivity index (χ1n) is 5.65. The molecule has 0 spiro atoms. The molecular weight excluding hydrogens is 200 g/mol. The molecule has 3 heteroatoms. The van der Waals surface area contributed by atoms with E-state index in [0.717, 1.165) is 12.1 Å². The van der Waals surface area contributed by atoms with Crippen molar-refractivity contribution in [2.45, 2.75) is 26.7 Å². The van der Waals surface area contributed by atoms with Crippen LogP contribution in [0.5, 0.6) is 0 Å². The fourth-order valence-electron chi connectivity index (χ4n) is 1.66. The molecule has 0 aromatic heterocycles. The summed E-state index contributed by atoms with van der Waals surface area (Å²) in [5.41, 5.74) is 8.33. The van der Waals surface area contributed by atoms with Gasteiger partial charge in [-0.2, -0.15) is 0 Å². The smallest absolute Gasteiger partial charge is 0.253 e. The number of hydrogen-bond donors (Lipinski definition) is 2. The van der Waals surface area contributed by atoms with Gasteiger partial charge in [-0.05, 0) is 36.8 Å². The Morgan fingerprint density at radius 2 is 2.19 bits per heavy atom. The molecule has 1 aliphatic rings. The standard InChI is InChI=1S/C13H18N2O/c1-9-4-3-5-10(11(9)14)12(16)15-8-13(2)6-7-13/h3-5H,6-8,14H2,1-2H3,(H,15,16). The molecule has 1 aromatic rings. The van der Waals surface area contributed by atoms with Crippen LogP contribution in [0.3, 0.4) is 0 Å². The first kappa shape index (κ1) is 11.0. The first-order valence-corrected chi connectivity index (χ1v) is 5.65. The predicted molar refractivity (Wildman–Crippen MR) is 65.3 cm³/mol. The molecule has 0 heterocycles. The number of aryl methyl sites for hydroxylation is 1. The summed E-state index contributed by atoms with van der Waals surface area (Å²) in [6, 6.07) is 5.54. The van der Waals surface area contributed by atoms with Crippen molar-refractivity contribution >= 4 is 11.6 Å². The molecule has 0 unspecified atom stereocenters. The highest BCUT2D eigenvalue weighted by Crippen LogP contribution is 2.44. The van der Waals surface area contributed by atoms with Crippen molar-refractivity contribution < 1.29 is 4.79 Å². The Bertz CT molecular complexity index is 422. The van der Waals surface area contributed by atoms with Crippen LogP contribution in [0.15, 0.2) is 18.2 Å². The van der Waals surface area contributed by atoms with Crippen molar-refractivity contribution in [2.24, 2.45) is 5.41 Å². The minimum absolute atomic E-state index is 0.0608. The summed E-state index contributed by atoms with van der Waals surface area (Å²) in [6.07, 6.45) is 2.41. The van der Waals surface area contributed by atoms with Crippen LogP contribution in [0, 0.1) is 12.3 Å². The van der Waals surface area contributed by atoms with Crippen LogP contribution >= 0.6 is 0 Å². The largest absolute Gasteiger partial charge is 0.398 e. The normalized spacial score (nSPS) is 16.9. The molecule has 1 aliphatic carbocycles. The third kappa shape index (κ3) is 2.18. The Morgan fingerprint density at radius 3 is 2.81 bits per heavy atom. The van der Waals surface area contributed by atoms with Gasteiger partial charge >= 0.3 is 0 Å². The molecule has 1 fully saturated rings. The van der Waals surface area contributed by atoms with Crippen molar-refractivity contribution in [3.8, 4) is 0 Å². The Morgan fingerprint density at radius 1 is 1.50 bits per heavy atom. The molecule has 0 aliphatic heterocycles. The second-order valence-corrected chi connectivity index (χ2v) is 5.03. The highest BCUT2D eigenvalue weighted by Gasteiger charge is 2.37. The summed E-state index contributed by atoms with van der Waals surface area (Å²) in [4.78, 5) is 11.9. The van der Waals surface area contributed by atoms with E-state index in [1.54, 1.807) is 6.07 Å². The van der Waals surface area contributed by atoms with Gasteiger partial charge in [0.25, 0.3) is 5.91 Å². The lowest BCUT2D eigenvalue weighted by Gasteiger charge is -2.12. The highest BCUT2D eigenvalue weighted by molar-refractivity contribution is 5.99. The zero-order valence-corrected chi connectivity index (χ0v) is 9.84. The molecule has 2 rings (SSSR count). The molecule has 0 atom stereocenters. The number of carbonyl (C=O) groups is 1. The maximum absolute atomic E-state index is 11.9. The summed E-state index contributed by atoms with van der Waals surface area (Å²) >= 11 is 0. The number of amides is 1. The summed E-state index contributed by atoms with van der Waals surface area (Å²) in [5.74, 6) is -0.0608. The van der Waals surface area contributed by atoms with Gasteiger partial charge in [-0.15, -0.1) is 0 Å². The molecule has 1 amide bonds. The monoisotopic (exact) mass is 218 g/mol. The van der Waals surface area contributed by atoms with Crippen LogP contribution in [0.25, 0.3) is 0 Å². The lowest BCUT2D eigenvalue weighted by atomic mass is 10.1. The Balaban J connectivity index is 2.05. The minimum Gasteiger partial charge on any atom is -0.398 e. The fraction of sp³-hybridized carbons (Fsp3) is 0.462. The van der Waals surface area contributed by atoms with Crippen molar-refractivity contribution in [2.75, 3.05) is 12.3 Å². The predicted octanol–water partition coefficient (Wildman–Crippen LogP) is 2.11. The maximum atomic E-state index is 11.9. The Kier molecular flexibility index (Phi) is 2.62. The number of para-hydroxylation sites is 1. The maximum Gasteiger partial charge on any atom is 0.253 e. The average Bonchev–Trinajstić information content (AvgIpc) is 2.98. The van der Waals surface area contributed by atoms with E-state index < -0.39 is 0 Å². The van der Waals surface area contributed by atoms with Gasteiger partial charge in [0.05, 0.1) is 5.56 Å². The second kappa shape index (κ2) is 3.81. The van der Waals surface area contributed by atoms with Gasteiger partial charge in [-0.1, -0.05) is 19.1 Å².